The number of sulfonamides is 1. The molecule has 0 aliphatic rings. The van der Waals surface area contributed by atoms with Crippen molar-refractivity contribution < 1.29 is 23.1 Å². The van der Waals surface area contributed by atoms with Crippen molar-refractivity contribution in [1.82, 2.24) is 10.0 Å². The smallest absolute Gasteiger partial charge is 0.241 e. The van der Waals surface area contributed by atoms with Gasteiger partial charge in [-0.25, -0.2) is 13.1 Å². The maximum Gasteiger partial charge on any atom is 0.241 e. The molecule has 0 spiro atoms. The SMILES string of the molecule is COCCNC(=O)CNS(=O)(=O)c1ccc(O)cc1. The van der Waals surface area contributed by atoms with Gasteiger partial charge < -0.3 is 15.2 Å². The number of carbonyl (C=O) groups excluding carboxylic acids is 1. The zero-order valence-corrected chi connectivity index (χ0v) is 11.2. The summed E-state index contributed by atoms with van der Waals surface area (Å²) in [7, 11) is -2.26. The lowest BCUT2D eigenvalue weighted by molar-refractivity contribution is -0.120. The molecule has 0 bridgehead atoms. The minimum atomic E-state index is -3.76. The average molecular weight is 288 g/mol. The summed E-state index contributed by atoms with van der Waals surface area (Å²) in [5.41, 5.74) is 0. The van der Waals surface area contributed by atoms with E-state index in [0.29, 0.717) is 13.2 Å². The Kier molecular flexibility index (Phi) is 5.74. The highest BCUT2D eigenvalue weighted by molar-refractivity contribution is 7.89. The third kappa shape index (κ3) is 5.25. The molecule has 0 fully saturated rings. The fourth-order valence-corrected chi connectivity index (χ4v) is 2.21. The van der Waals surface area contributed by atoms with E-state index in [1.54, 1.807) is 0 Å². The predicted molar refractivity (Wildman–Crippen MR) is 68.2 cm³/mol. The minimum Gasteiger partial charge on any atom is -0.508 e. The lowest BCUT2D eigenvalue weighted by Crippen LogP contribution is -2.38. The molecule has 0 atom stereocenters. The molecule has 0 heterocycles. The highest BCUT2D eigenvalue weighted by Gasteiger charge is 2.15. The maximum atomic E-state index is 11.8. The van der Waals surface area contributed by atoms with Gasteiger partial charge in [0, 0.05) is 13.7 Å². The first-order valence-electron chi connectivity index (χ1n) is 5.50. The molecule has 19 heavy (non-hydrogen) atoms. The molecule has 1 rings (SSSR count). The van der Waals surface area contributed by atoms with E-state index >= 15 is 0 Å². The molecule has 7 nitrogen and oxygen atoms in total. The molecule has 1 aromatic carbocycles. The van der Waals surface area contributed by atoms with Crippen molar-refractivity contribution in [3.05, 3.63) is 24.3 Å². The second kappa shape index (κ2) is 7.07. The van der Waals surface area contributed by atoms with Crippen LogP contribution in [0.25, 0.3) is 0 Å². The molecular weight excluding hydrogens is 272 g/mol. The Labute approximate surface area is 111 Å². The molecule has 0 saturated heterocycles. The van der Waals surface area contributed by atoms with Gasteiger partial charge >= 0.3 is 0 Å². The van der Waals surface area contributed by atoms with Crippen molar-refractivity contribution in [2.24, 2.45) is 0 Å². The molecule has 1 aromatic rings. The summed E-state index contributed by atoms with van der Waals surface area (Å²) in [5, 5.41) is 11.6. The van der Waals surface area contributed by atoms with Gasteiger partial charge in [-0.3, -0.25) is 4.79 Å². The second-order valence-electron chi connectivity index (χ2n) is 3.66. The quantitative estimate of drug-likeness (QED) is 0.583. The normalized spacial score (nSPS) is 11.2. The number of phenolic OH excluding ortho intramolecular Hbond substituents is 1. The number of amides is 1. The Hall–Kier alpha value is -1.64. The van der Waals surface area contributed by atoms with Crippen LogP contribution in [0, 0.1) is 0 Å². The number of phenols is 1. The fraction of sp³-hybridized carbons (Fsp3) is 0.364. The van der Waals surface area contributed by atoms with E-state index in [9.17, 15) is 13.2 Å². The monoisotopic (exact) mass is 288 g/mol. The van der Waals surface area contributed by atoms with Crippen molar-refractivity contribution in [3.63, 3.8) is 0 Å². The molecule has 0 saturated carbocycles. The van der Waals surface area contributed by atoms with Crippen LogP contribution in [0.1, 0.15) is 0 Å². The van der Waals surface area contributed by atoms with Crippen LogP contribution in [0.5, 0.6) is 5.75 Å². The van der Waals surface area contributed by atoms with Gasteiger partial charge in [-0.05, 0) is 24.3 Å². The van der Waals surface area contributed by atoms with Gasteiger partial charge in [0.05, 0.1) is 18.0 Å². The largest absolute Gasteiger partial charge is 0.508 e. The van der Waals surface area contributed by atoms with E-state index in [2.05, 4.69) is 10.0 Å². The average Bonchev–Trinajstić information content (AvgIpc) is 2.37. The Morgan fingerprint density at radius 3 is 2.53 bits per heavy atom. The van der Waals surface area contributed by atoms with Crippen LogP contribution in [0.3, 0.4) is 0 Å². The van der Waals surface area contributed by atoms with Crippen molar-refractivity contribution in [2.75, 3.05) is 26.8 Å². The summed E-state index contributed by atoms with van der Waals surface area (Å²) in [6, 6.07) is 5.02. The van der Waals surface area contributed by atoms with Gasteiger partial charge in [0.25, 0.3) is 0 Å². The molecule has 0 radical (unpaired) electrons. The summed E-state index contributed by atoms with van der Waals surface area (Å²) in [6.45, 7) is 0.319. The summed E-state index contributed by atoms with van der Waals surface area (Å²) >= 11 is 0. The number of methoxy groups -OCH3 is 1. The van der Waals surface area contributed by atoms with Crippen molar-refractivity contribution in [3.8, 4) is 5.75 Å². The number of ether oxygens (including phenoxy) is 1. The van der Waals surface area contributed by atoms with E-state index < -0.39 is 15.9 Å². The first-order valence-corrected chi connectivity index (χ1v) is 6.98. The van der Waals surface area contributed by atoms with Crippen LogP contribution in [0.2, 0.25) is 0 Å². The number of hydrogen-bond donors (Lipinski definition) is 3. The van der Waals surface area contributed by atoms with E-state index in [1.807, 2.05) is 0 Å². The molecule has 0 aliphatic heterocycles. The molecule has 0 unspecified atom stereocenters. The number of aromatic hydroxyl groups is 1. The summed E-state index contributed by atoms with van der Waals surface area (Å²) in [5.74, 6) is -0.476. The van der Waals surface area contributed by atoms with Gasteiger partial charge in [-0.1, -0.05) is 0 Å². The molecule has 0 aliphatic carbocycles. The van der Waals surface area contributed by atoms with Crippen LogP contribution < -0.4 is 10.0 Å². The number of carbonyl (C=O) groups is 1. The van der Waals surface area contributed by atoms with Crippen molar-refractivity contribution in [1.29, 1.82) is 0 Å². The van der Waals surface area contributed by atoms with Gasteiger partial charge in [0.1, 0.15) is 5.75 Å². The Bertz CT molecular complexity index is 512. The lowest BCUT2D eigenvalue weighted by Gasteiger charge is -2.07. The maximum absolute atomic E-state index is 11.8. The number of rotatable bonds is 7. The van der Waals surface area contributed by atoms with Crippen LogP contribution in [-0.4, -0.2) is 46.2 Å². The molecule has 3 N–H and O–H groups in total. The van der Waals surface area contributed by atoms with Crippen LogP contribution in [0.15, 0.2) is 29.2 Å². The van der Waals surface area contributed by atoms with Gasteiger partial charge in [-0.2, -0.15) is 0 Å². The second-order valence-corrected chi connectivity index (χ2v) is 5.43. The highest BCUT2D eigenvalue weighted by atomic mass is 32.2. The topological polar surface area (TPSA) is 105 Å². The van der Waals surface area contributed by atoms with E-state index in [4.69, 9.17) is 9.84 Å². The number of nitrogens with one attached hydrogen (secondary N) is 2. The summed E-state index contributed by atoms with van der Waals surface area (Å²) in [6.07, 6.45) is 0. The van der Waals surface area contributed by atoms with Crippen LogP contribution in [-0.2, 0) is 19.6 Å². The Balaban J connectivity index is 2.51. The van der Waals surface area contributed by atoms with E-state index in [1.165, 1.54) is 31.4 Å². The number of hydrogen-bond acceptors (Lipinski definition) is 5. The molecule has 8 heteroatoms. The first-order chi connectivity index (χ1) is 8.95. The highest BCUT2D eigenvalue weighted by Crippen LogP contribution is 2.13. The van der Waals surface area contributed by atoms with Gasteiger partial charge in [0.15, 0.2) is 0 Å². The Morgan fingerprint density at radius 2 is 1.95 bits per heavy atom. The zero-order chi connectivity index (χ0) is 14.3. The molecular formula is C11H16N2O5S. The van der Waals surface area contributed by atoms with Crippen molar-refractivity contribution >= 4 is 15.9 Å². The first kappa shape index (κ1) is 15.4. The molecule has 106 valence electrons. The third-order valence-corrected chi connectivity index (χ3v) is 3.62. The minimum absolute atomic E-state index is 0.0185. The lowest BCUT2D eigenvalue weighted by atomic mass is 10.3. The third-order valence-electron chi connectivity index (χ3n) is 2.20. The van der Waals surface area contributed by atoms with Crippen LogP contribution >= 0.6 is 0 Å². The van der Waals surface area contributed by atoms with Gasteiger partial charge in [0.2, 0.25) is 15.9 Å². The Morgan fingerprint density at radius 1 is 1.32 bits per heavy atom. The van der Waals surface area contributed by atoms with Crippen molar-refractivity contribution in [2.45, 2.75) is 4.90 Å². The van der Waals surface area contributed by atoms with Gasteiger partial charge in [-0.15, -0.1) is 0 Å². The van der Waals surface area contributed by atoms with Crippen LogP contribution in [0.4, 0.5) is 0 Å². The molecule has 1 amide bonds. The summed E-state index contributed by atoms with van der Waals surface area (Å²) < 4.78 is 30.5. The predicted octanol–water partition coefficient (Wildman–Crippen LogP) is -0.567. The number of benzene rings is 1. The molecule has 0 aromatic heterocycles. The van der Waals surface area contributed by atoms with E-state index in [0.717, 1.165) is 0 Å². The fourth-order valence-electron chi connectivity index (χ4n) is 1.22. The standard InChI is InChI=1S/C11H16N2O5S/c1-18-7-6-12-11(15)8-13-19(16,17)10-4-2-9(14)3-5-10/h2-5,13-14H,6-8H2,1H3,(H,12,15). The van der Waals surface area contributed by atoms with E-state index in [-0.39, 0.29) is 17.2 Å². The zero-order valence-electron chi connectivity index (χ0n) is 10.4. The summed E-state index contributed by atoms with van der Waals surface area (Å²) in [4.78, 5) is 11.3.